The van der Waals surface area contributed by atoms with Crippen LogP contribution in [0.3, 0.4) is 0 Å². The fraction of sp³-hybridized carbons (Fsp3) is 0.615. The van der Waals surface area contributed by atoms with E-state index < -0.39 is 0 Å². The molecule has 0 bridgehead atoms. The van der Waals surface area contributed by atoms with E-state index in [1.807, 2.05) is 18.0 Å². The Morgan fingerprint density at radius 3 is 2.56 bits per heavy atom. The second-order valence-corrected chi connectivity index (χ2v) is 6.88. The Kier molecular flexibility index (Phi) is 4.66. The number of thioether (sulfide) groups is 1. The third-order valence-corrected chi connectivity index (χ3v) is 3.09. The molecule has 1 aromatic heterocycles. The van der Waals surface area contributed by atoms with Crippen molar-refractivity contribution in [2.75, 3.05) is 11.9 Å². The third-order valence-electron chi connectivity index (χ3n) is 2.02. The standard InChI is InChI=1S/C13H22N2S/c1-6-7-14-12-10(2)8-11(9-15-12)16-13(3,4)5/h8-9H,6-7H2,1-5H3,(H,14,15). The molecule has 0 aliphatic carbocycles. The summed E-state index contributed by atoms with van der Waals surface area (Å²) in [6.45, 7) is 11.9. The number of hydrogen-bond donors (Lipinski definition) is 1. The molecule has 0 fully saturated rings. The van der Waals surface area contributed by atoms with Crippen molar-refractivity contribution in [1.29, 1.82) is 0 Å². The van der Waals surface area contributed by atoms with E-state index in [0.29, 0.717) is 0 Å². The molecule has 0 aliphatic rings. The molecule has 1 rings (SSSR count). The minimum Gasteiger partial charge on any atom is -0.370 e. The van der Waals surface area contributed by atoms with Crippen LogP contribution in [0.25, 0.3) is 0 Å². The van der Waals surface area contributed by atoms with Crippen LogP contribution < -0.4 is 5.32 Å². The number of rotatable bonds is 4. The number of aryl methyl sites for hydroxylation is 1. The highest BCUT2D eigenvalue weighted by molar-refractivity contribution is 8.00. The second kappa shape index (κ2) is 5.58. The molecule has 16 heavy (non-hydrogen) atoms. The van der Waals surface area contributed by atoms with Crippen LogP contribution in [0.1, 0.15) is 39.7 Å². The summed E-state index contributed by atoms with van der Waals surface area (Å²) < 4.78 is 0.243. The van der Waals surface area contributed by atoms with Gasteiger partial charge in [-0.2, -0.15) is 0 Å². The Labute approximate surface area is 103 Å². The topological polar surface area (TPSA) is 24.9 Å². The molecular weight excluding hydrogens is 216 g/mol. The first-order valence-electron chi connectivity index (χ1n) is 5.82. The normalized spacial score (nSPS) is 11.6. The SMILES string of the molecule is CCCNc1ncc(SC(C)(C)C)cc1C. The van der Waals surface area contributed by atoms with Gasteiger partial charge in [-0.05, 0) is 25.0 Å². The molecule has 90 valence electrons. The van der Waals surface area contributed by atoms with Gasteiger partial charge < -0.3 is 5.32 Å². The largest absolute Gasteiger partial charge is 0.370 e. The number of aromatic nitrogens is 1. The first kappa shape index (κ1) is 13.4. The summed E-state index contributed by atoms with van der Waals surface area (Å²) in [5, 5.41) is 3.33. The van der Waals surface area contributed by atoms with Gasteiger partial charge in [0.25, 0.3) is 0 Å². The summed E-state index contributed by atoms with van der Waals surface area (Å²) in [6, 6.07) is 2.21. The lowest BCUT2D eigenvalue weighted by molar-refractivity contribution is 0.802. The zero-order valence-electron chi connectivity index (χ0n) is 10.9. The van der Waals surface area contributed by atoms with Gasteiger partial charge in [0.15, 0.2) is 0 Å². The van der Waals surface area contributed by atoms with Crippen molar-refractivity contribution in [2.45, 2.75) is 50.7 Å². The molecule has 1 heterocycles. The van der Waals surface area contributed by atoms with Gasteiger partial charge in [-0.1, -0.05) is 27.7 Å². The molecule has 0 spiro atoms. The number of anilines is 1. The van der Waals surface area contributed by atoms with Crippen molar-refractivity contribution >= 4 is 17.6 Å². The van der Waals surface area contributed by atoms with Gasteiger partial charge in [-0.15, -0.1) is 11.8 Å². The van der Waals surface area contributed by atoms with E-state index in [0.717, 1.165) is 18.8 Å². The van der Waals surface area contributed by atoms with Gasteiger partial charge in [-0.25, -0.2) is 4.98 Å². The van der Waals surface area contributed by atoms with E-state index >= 15 is 0 Å². The molecule has 0 saturated heterocycles. The van der Waals surface area contributed by atoms with Crippen molar-refractivity contribution in [1.82, 2.24) is 4.98 Å². The summed E-state index contributed by atoms with van der Waals surface area (Å²) in [4.78, 5) is 5.71. The average Bonchev–Trinajstić information content (AvgIpc) is 2.14. The predicted octanol–water partition coefficient (Wildman–Crippen LogP) is 4.10. The Hall–Kier alpha value is -0.700. The second-order valence-electron chi connectivity index (χ2n) is 4.98. The molecule has 0 aromatic carbocycles. The monoisotopic (exact) mass is 238 g/mol. The molecule has 3 heteroatoms. The van der Waals surface area contributed by atoms with Crippen LogP contribution in [-0.4, -0.2) is 16.3 Å². The van der Waals surface area contributed by atoms with Crippen molar-refractivity contribution in [3.05, 3.63) is 17.8 Å². The van der Waals surface area contributed by atoms with E-state index in [-0.39, 0.29) is 4.75 Å². The van der Waals surface area contributed by atoms with Gasteiger partial charge in [-0.3, -0.25) is 0 Å². The van der Waals surface area contributed by atoms with Crippen LogP contribution >= 0.6 is 11.8 Å². The molecule has 0 amide bonds. The van der Waals surface area contributed by atoms with E-state index in [9.17, 15) is 0 Å². The molecule has 1 N–H and O–H groups in total. The summed E-state index contributed by atoms with van der Waals surface area (Å²) in [5.74, 6) is 1.01. The maximum absolute atomic E-state index is 4.47. The van der Waals surface area contributed by atoms with Crippen LogP contribution in [0.15, 0.2) is 17.2 Å². The van der Waals surface area contributed by atoms with Gasteiger partial charge in [0.2, 0.25) is 0 Å². The van der Waals surface area contributed by atoms with Crippen LogP contribution in [0.5, 0.6) is 0 Å². The van der Waals surface area contributed by atoms with Gasteiger partial charge >= 0.3 is 0 Å². The fourth-order valence-electron chi connectivity index (χ4n) is 1.39. The van der Waals surface area contributed by atoms with E-state index in [1.54, 1.807) is 0 Å². The highest BCUT2D eigenvalue weighted by Crippen LogP contribution is 2.32. The maximum atomic E-state index is 4.47. The van der Waals surface area contributed by atoms with Gasteiger partial charge in [0.1, 0.15) is 5.82 Å². The van der Waals surface area contributed by atoms with E-state index in [4.69, 9.17) is 0 Å². The number of nitrogens with zero attached hydrogens (tertiary/aromatic N) is 1. The van der Waals surface area contributed by atoms with E-state index in [1.165, 1.54) is 10.5 Å². The van der Waals surface area contributed by atoms with Crippen LogP contribution in [0, 0.1) is 6.92 Å². The summed E-state index contributed by atoms with van der Waals surface area (Å²) in [7, 11) is 0. The summed E-state index contributed by atoms with van der Waals surface area (Å²) in [6.07, 6.45) is 3.08. The summed E-state index contributed by atoms with van der Waals surface area (Å²) in [5.41, 5.74) is 1.22. The highest BCUT2D eigenvalue weighted by Gasteiger charge is 2.12. The van der Waals surface area contributed by atoms with Gasteiger partial charge in [0.05, 0.1) is 0 Å². The molecule has 2 nitrogen and oxygen atoms in total. The molecule has 0 radical (unpaired) electrons. The summed E-state index contributed by atoms with van der Waals surface area (Å²) >= 11 is 1.86. The molecule has 0 unspecified atom stereocenters. The molecule has 0 aliphatic heterocycles. The lowest BCUT2D eigenvalue weighted by atomic mass is 10.3. The maximum Gasteiger partial charge on any atom is 0.128 e. The van der Waals surface area contributed by atoms with Crippen molar-refractivity contribution in [3.8, 4) is 0 Å². The average molecular weight is 238 g/mol. The molecular formula is C13H22N2S. The Morgan fingerprint density at radius 1 is 1.38 bits per heavy atom. The zero-order valence-corrected chi connectivity index (χ0v) is 11.7. The number of hydrogen-bond acceptors (Lipinski definition) is 3. The van der Waals surface area contributed by atoms with E-state index in [2.05, 4.69) is 51.0 Å². The predicted molar refractivity (Wildman–Crippen MR) is 73.4 cm³/mol. The van der Waals surface area contributed by atoms with Crippen LogP contribution in [0.2, 0.25) is 0 Å². The quantitative estimate of drug-likeness (QED) is 0.799. The van der Waals surface area contributed by atoms with Crippen LogP contribution in [0.4, 0.5) is 5.82 Å². The number of nitrogens with one attached hydrogen (secondary N) is 1. The Balaban J connectivity index is 2.74. The zero-order chi connectivity index (χ0) is 12.2. The fourth-order valence-corrected chi connectivity index (χ4v) is 2.44. The minimum atomic E-state index is 0.243. The Morgan fingerprint density at radius 2 is 2.06 bits per heavy atom. The first-order valence-corrected chi connectivity index (χ1v) is 6.63. The van der Waals surface area contributed by atoms with Gasteiger partial charge in [0, 0.05) is 22.4 Å². The lowest BCUT2D eigenvalue weighted by Gasteiger charge is -2.18. The first-order chi connectivity index (χ1) is 7.42. The van der Waals surface area contributed by atoms with Crippen LogP contribution in [-0.2, 0) is 0 Å². The minimum absolute atomic E-state index is 0.243. The van der Waals surface area contributed by atoms with Crippen molar-refractivity contribution in [3.63, 3.8) is 0 Å². The third kappa shape index (κ3) is 4.44. The Bertz CT molecular complexity index is 342. The molecule has 0 saturated carbocycles. The van der Waals surface area contributed by atoms with Crippen molar-refractivity contribution < 1.29 is 0 Å². The molecule has 0 atom stereocenters. The molecule has 1 aromatic rings. The lowest BCUT2D eigenvalue weighted by Crippen LogP contribution is -2.08. The highest BCUT2D eigenvalue weighted by atomic mass is 32.2. The van der Waals surface area contributed by atoms with Crippen molar-refractivity contribution in [2.24, 2.45) is 0 Å². The number of pyridine rings is 1. The smallest absolute Gasteiger partial charge is 0.128 e.